The van der Waals surface area contributed by atoms with Gasteiger partial charge in [-0.2, -0.15) is 30.6 Å². The second kappa shape index (κ2) is 10.9. The first-order chi connectivity index (χ1) is 18.6. The minimum atomic E-state index is -6.00. The Morgan fingerprint density at radius 2 is 1.65 bits per heavy atom. The fraction of sp³-hybridized carbons (Fsp3) is 0.370. The first-order valence-electron chi connectivity index (χ1n) is 12.2. The van der Waals surface area contributed by atoms with Gasteiger partial charge in [-0.1, -0.05) is 66.3 Å². The predicted octanol–water partition coefficient (Wildman–Crippen LogP) is 5.58. The Morgan fingerprint density at radius 1 is 1.00 bits per heavy atom. The molecule has 0 radical (unpaired) electrons. The van der Waals surface area contributed by atoms with Crippen molar-refractivity contribution >= 4 is 32.8 Å². The Kier molecular flexibility index (Phi) is 8.25. The molecule has 2 aromatic rings. The molecule has 1 atom stereocenters. The molecule has 13 heteroatoms. The Labute approximate surface area is 233 Å². The second-order valence-electron chi connectivity index (χ2n) is 9.74. The zero-order chi connectivity index (χ0) is 29.5. The van der Waals surface area contributed by atoms with Crippen molar-refractivity contribution in [2.75, 3.05) is 24.5 Å². The van der Waals surface area contributed by atoms with E-state index in [0.717, 1.165) is 23.3 Å². The number of nitrogens with zero attached hydrogens (tertiary/aromatic N) is 2. The molecular weight excluding hydrogens is 578 g/mol. The van der Waals surface area contributed by atoms with E-state index in [0.29, 0.717) is 30.7 Å². The van der Waals surface area contributed by atoms with Crippen molar-refractivity contribution < 1.29 is 39.9 Å². The largest absolute Gasteiger partial charge is 0.430 e. The van der Waals surface area contributed by atoms with Crippen LogP contribution in [0.1, 0.15) is 23.1 Å². The zero-order valence-electron chi connectivity index (χ0n) is 21.2. The summed E-state index contributed by atoms with van der Waals surface area (Å²) in [6.45, 7) is 2.04. The summed E-state index contributed by atoms with van der Waals surface area (Å²) in [4.78, 5) is 2.08. The van der Waals surface area contributed by atoms with Gasteiger partial charge in [-0.05, 0) is 37.1 Å². The summed E-state index contributed by atoms with van der Waals surface area (Å²) in [7, 11) is -3.94. The molecule has 1 aliphatic carbocycles. The van der Waals surface area contributed by atoms with E-state index in [1.807, 2.05) is 31.2 Å². The first-order valence-corrected chi connectivity index (χ1v) is 14.1. The maximum Gasteiger partial charge on any atom is 0.430 e. The van der Waals surface area contributed by atoms with Crippen LogP contribution >= 0.6 is 12.2 Å². The fourth-order valence-corrected chi connectivity index (χ4v) is 7.02. The molecular formula is C27H26F6N2O3S2. The van der Waals surface area contributed by atoms with E-state index in [2.05, 4.69) is 0 Å². The minimum Gasteiger partial charge on any atom is -0.369 e. The van der Waals surface area contributed by atoms with E-state index in [9.17, 15) is 39.9 Å². The molecule has 0 bridgehead atoms. The summed E-state index contributed by atoms with van der Waals surface area (Å²) in [5.41, 5.74) is -4.26. The van der Waals surface area contributed by atoms with Gasteiger partial charge in [-0.25, -0.2) is 8.42 Å². The lowest BCUT2D eigenvalue weighted by molar-refractivity contribution is -0.376. The molecule has 0 spiro atoms. The van der Waals surface area contributed by atoms with Crippen LogP contribution in [0.4, 0.5) is 32.0 Å². The maximum atomic E-state index is 13.5. The number of benzene rings is 2. The monoisotopic (exact) mass is 604 g/mol. The summed E-state index contributed by atoms with van der Waals surface area (Å²) in [6, 6.07) is 10.4. The number of halogens is 6. The molecule has 0 saturated carbocycles. The van der Waals surface area contributed by atoms with E-state index in [4.69, 9.17) is 12.2 Å². The van der Waals surface area contributed by atoms with Gasteiger partial charge in [-0.3, -0.25) is 0 Å². The van der Waals surface area contributed by atoms with Crippen LogP contribution in [0.2, 0.25) is 0 Å². The molecule has 0 amide bonds. The molecule has 2 aliphatic rings. The number of thiocarbonyl (C=S) groups is 1. The lowest BCUT2D eigenvalue weighted by Crippen LogP contribution is -2.56. The molecule has 1 saturated heterocycles. The fourth-order valence-electron chi connectivity index (χ4n) is 4.95. The summed E-state index contributed by atoms with van der Waals surface area (Å²) < 4.78 is 108. The van der Waals surface area contributed by atoms with E-state index >= 15 is 0 Å². The quantitative estimate of drug-likeness (QED) is 0.345. The molecule has 1 fully saturated rings. The zero-order valence-corrected chi connectivity index (χ0v) is 22.8. The van der Waals surface area contributed by atoms with Crippen LogP contribution < -0.4 is 4.90 Å². The summed E-state index contributed by atoms with van der Waals surface area (Å²) >= 11 is 5.27. The molecule has 0 aromatic heterocycles. The molecule has 4 rings (SSSR count). The lowest BCUT2D eigenvalue weighted by atomic mass is 9.92. The molecule has 5 nitrogen and oxygen atoms in total. The smallest absolute Gasteiger partial charge is 0.369 e. The highest BCUT2D eigenvalue weighted by atomic mass is 32.2. The maximum absolute atomic E-state index is 13.5. The Bertz CT molecular complexity index is 1420. The molecule has 216 valence electrons. The third-order valence-electron chi connectivity index (χ3n) is 7.02. The average Bonchev–Trinajstić information content (AvgIpc) is 2.87. The van der Waals surface area contributed by atoms with Gasteiger partial charge in [0.05, 0.1) is 4.91 Å². The van der Waals surface area contributed by atoms with Gasteiger partial charge in [-0.15, -0.1) is 0 Å². The number of aryl methyl sites for hydroxylation is 1. The van der Waals surface area contributed by atoms with E-state index in [-0.39, 0.29) is 29.4 Å². The van der Waals surface area contributed by atoms with Crippen molar-refractivity contribution in [3.05, 3.63) is 88.4 Å². The number of hydrogen-bond acceptors (Lipinski definition) is 5. The highest BCUT2D eigenvalue weighted by Crippen LogP contribution is 2.50. The Morgan fingerprint density at radius 3 is 2.23 bits per heavy atom. The number of anilines is 1. The average molecular weight is 605 g/mol. The highest BCUT2D eigenvalue weighted by Gasteiger charge is 2.71. The molecule has 1 aliphatic heterocycles. The third-order valence-corrected chi connectivity index (χ3v) is 9.48. The SMILES string of the molecule is Cc1cccc(C[C@@H]2CN(S(=O)(=O)C3=CC=CCC3=S)CCN2c2ccc(C(O)(C(F)(F)F)C(F)(F)F)cc2)c1. The van der Waals surface area contributed by atoms with Crippen LogP contribution in [0, 0.1) is 6.92 Å². The van der Waals surface area contributed by atoms with Crippen molar-refractivity contribution in [3.8, 4) is 0 Å². The number of piperazine rings is 1. The summed E-state index contributed by atoms with van der Waals surface area (Å²) in [6.07, 6.45) is -6.50. The molecule has 1 N–H and O–H groups in total. The first kappa shape index (κ1) is 30.2. The second-order valence-corrected chi connectivity index (χ2v) is 12.1. The van der Waals surface area contributed by atoms with E-state index in [1.165, 1.54) is 10.4 Å². The van der Waals surface area contributed by atoms with Gasteiger partial charge in [0.15, 0.2) is 0 Å². The lowest BCUT2D eigenvalue weighted by Gasteiger charge is -2.43. The van der Waals surface area contributed by atoms with E-state index in [1.54, 1.807) is 17.1 Å². The minimum absolute atomic E-state index is 0.0106. The van der Waals surface area contributed by atoms with Gasteiger partial charge in [0.2, 0.25) is 10.0 Å². The number of allylic oxidation sites excluding steroid dienone is 4. The number of alkyl halides is 6. The van der Waals surface area contributed by atoms with Crippen LogP contribution in [0.25, 0.3) is 0 Å². The normalized spacial score (nSPS) is 19.6. The van der Waals surface area contributed by atoms with Crippen LogP contribution in [-0.4, -0.2) is 60.7 Å². The van der Waals surface area contributed by atoms with Gasteiger partial charge in [0.25, 0.3) is 5.60 Å². The molecule has 2 aromatic carbocycles. The van der Waals surface area contributed by atoms with Crippen molar-refractivity contribution in [1.29, 1.82) is 0 Å². The van der Waals surface area contributed by atoms with E-state index < -0.39 is 39.6 Å². The standard InChI is InChI=1S/C27H26F6N2O3S2/c1-18-5-4-6-19(15-18)16-22-17-34(40(37,38)24-8-3-2-7-23(24)39)13-14-35(22)21-11-9-20(10-12-21)25(36,26(28,29)30)27(31,32)33/h2-6,8-12,15,22,36H,7,13-14,16-17H2,1H3/t22-/m1/s1. The van der Waals surface area contributed by atoms with Gasteiger partial charge >= 0.3 is 12.4 Å². The van der Waals surface area contributed by atoms with Crippen molar-refractivity contribution in [1.82, 2.24) is 4.31 Å². The summed E-state index contributed by atoms with van der Waals surface area (Å²) in [5.74, 6) is 0. The topological polar surface area (TPSA) is 60.9 Å². The Balaban J connectivity index is 1.68. The Hall–Kier alpha value is -2.74. The van der Waals surface area contributed by atoms with Crippen LogP contribution in [0.15, 0.2) is 71.7 Å². The van der Waals surface area contributed by atoms with Gasteiger partial charge in [0.1, 0.15) is 0 Å². The third kappa shape index (κ3) is 5.69. The number of sulfonamides is 1. The van der Waals surface area contributed by atoms with Crippen molar-refractivity contribution in [3.63, 3.8) is 0 Å². The van der Waals surface area contributed by atoms with Crippen LogP contribution in [0.5, 0.6) is 0 Å². The highest BCUT2D eigenvalue weighted by molar-refractivity contribution is 7.96. The van der Waals surface area contributed by atoms with Crippen molar-refractivity contribution in [2.45, 2.75) is 43.8 Å². The molecule has 40 heavy (non-hydrogen) atoms. The van der Waals surface area contributed by atoms with Gasteiger partial charge < -0.3 is 10.0 Å². The molecule has 1 heterocycles. The van der Waals surface area contributed by atoms with Crippen molar-refractivity contribution in [2.24, 2.45) is 0 Å². The van der Waals surface area contributed by atoms with Crippen LogP contribution in [0.3, 0.4) is 0 Å². The number of aliphatic hydroxyl groups is 1. The summed E-state index contributed by atoms with van der Waals surface area (Å²) in [5, 5.41) is 9.74. The molecule has 0 unspecified atom stereocenters. The number of hydrogen-bond donors (Lipinski definition) is 1. The predicted molar refractivity (Wildman–Crippen MR) is 143 cm³/mol. The van der Waals surface area contributed by atoms with Gasteiger partial charge in [0, 0.05) is 48.2 Å². The number of rotatable bonds is 6. The van der Waals surface area contributed by atoms with Crippen LogP contribution in [-0.2, 0) is 22.0 Å².